The molecule has 0 unspecified atom stereocenters. The number of carbonyl (C=O) groups excluding carboxylic acids is 1. The molecular formula is C24H23N5O2. The van der Waals surface area contributed by atoms with E-state index in [9.17, 15) is 9.59 Å². The molecule has 2 N–H and O–H groups in total. The molecule has 0 radical (unpaired) electrons. The molecule has 7 heteroatoms. The Morgan fingerprint density at radius 1 is 1.03 bits per heavy atom. The van der Waals surface area contributed by atoms with E-state index in [-0.39, 0.29) is 17.5 Å². The van der Waals surface area contributed by atoms with Crippen LogP contribution in [0.1, 0.15) is 28.9 Å². The Balaban J connectivity index is 1.73. The maximum absolute atomic E-state index is 13.2. The van der Waals surface area contributed by atoms with Gasteiger partial charge in [0.2, 0.25) is 0 Å². The molecule has 0 saturated carbocycles. The molecule has 31 heavy (non-hydrogen) atoms. The van der Waals surface area contributed by atoms with E-state index in [0.717, 1.165) is 16.7 Å². The summed E-state index contributed by atoms with van der Waals surface area (Å²) in [4.78, 5) is 35.6. The molecule has 4 aromatic rings. The number of fused-ring (bicyclic) bond motifs is 1. The van der Waals surface area contributed by atoms with Crippen LogP contribution in [0.4, 0.5) is 5.82 Å². The first-order valence-corrected chi connectivity index (χ1v) is 9.89. The van der Waals surface area contributed by atoms with Crippen molar-refractivity contribution in [1.82, 2.24) is 19.4 Å². The highest BCUT2D eigenvalue weighted by Gasteiger charge is 2.15. The number of nitrogens with two attached hydrogens (primary N) is 1. The predicted octanol–water partition coefficient (Wildman–Crippen LogP) is 3.35. The number of rotatable bonds is 4. The number of carbonyl (C=O) groups is 1. The Labute approximate surface area is 179 Å². The molecule has 1 amide bonds. The van der Waals surface area contributed by atoms with Crippen LogP contribution in [-0.2, 0) is 0 Å². The molecule has 7 nitrogen and oxygen atoms in total. The third-order valence-electron chi connectivity index (χ3n) is 5.34. The Morgan fingerprint density at radius 3 is 2.55 bits per heavy atom. The molecule has 0 aliphatic heterocycles. The summed E-state index contributed by atoms with van der Waals surface area (Å²) in [6, 6.07) is 16.2. The van der Waals surface area contributed by atoms with Gasteiger partial charge in [0.1, 0.15) is 5.82 Å². The second kappa shape index (κ2) is 8.02. The molecule has 0 aliphatic rings. The fraction of sp³-hybridized carbons (Fsp3) is 0.167. The Kier molecular flexibility index (Phi) is 5.25. The molecule has 1 atom stereocenters. The van der Waals surface area contributed by atoms with Gasteiger partial charge in [0.25, 0.3) is 11.5 Å². The number of aromatic nitrogens is 3. The quantitative estimate of drug-likeness (QED) is 0.554. The Hall–Kier alpha value is -4.00. The molecule has 0 spiro atoms. The normalized spacial score (nSPS) is 12.0. The van der Waals surface area contributed by atoms with Gasteiger partial charge in [-0.2, -0.15) is 0 Å². The van der Waals surface area contributed by atoms with Gasteiger partial charge in [-0.15, -0.1) is 0 Å². The number of anilines is 1. The van der Waals surface area contributed by atoms with Crippen molar-refractivity contribution in [3.8, 4) is 11.1 Å². The summed E-state index contributed by atoms with van der Waals surface area (Å²) in [5, 5.41) is 0.528. The van der Waals surface area contributed by atoms with Crippen molar-refractivity contribution >= 4 is 22.6 Å². The first-order chi connectivity index (χ1) is 14.8. The average molecular weight is 413 g/mol. The highest BCUT2D eigenvalue weighted by Crippen LogP contribution is 2.24. The number of nitrogen functional groups attached to an aromatic ring is 1. The lowest BCUT2D eigenvalue weighted by Crippen LogP contribution is -2.25. The minimum Gasteiger partial charge on any atom is -0.384 e. The fourth-order valence-electron chi connectivity index (χ4n) is 3.57. The zero-order valence-electron chi connectivity index (χ0n) is 17.6. The number of amides is 1. The number of hydrogen-bond donors (Lipinski definition) is 1. The summed E-state index contributed by atoms with van der Waals surface area (Å²) in [5.41, 5.74) is 9.52. The average Bonchev–Trinajstić information content (AvgIpc) is 2.78. The Bertz CT molecular complexity index is 1340. The van der Waals surface area contributed by atoms with Crippen LogP contribution in [0.2, 0.25) is 0 Å². The summed E-state index contributed by atoms with van der Waals surface area (Å²) in [6.45, 7) is 1.92. The molecule has 0 saturated heterocycles. The zero-order valence-corrected chi connectivity index (χ0v) is 17.6. The number of pyridine rings is 1. The molecule has 0 bridgehead atoms. The minimum absolute atomic E-state index is 0.0812. The highest BCUT2D eigenvalue weighted by molar-refractivity contribution is 5.94. The van der Waals surface area contributed by atoms with E-state index in [1.54, 1.807) is 49.4 Å². The largest absolute Gasteiger partial charge is 0.384 e. The smallest absolute Gasteiger partial charge is 0.261 e. The van der Waals surface area contributed by atoms with Gasteiger partial charge in [-0.25, -0.2) is 9.97 Å². The van der Waals surface area contributed by atoms with Gasteiger partial charge < -0.3 is 10.6 Å². The fourth-order valence-corrected chi connectivity index (χ4v) is 3.57. The van der Waals surface area contributed by atoms with Gasteiger partial charge in [0.15, 0.2) is 0 Å². The van der Waals surface area contributed by atoms with Gasteiger partial charge in [-0.1, -0.05) is 18.2 Å². The van der Waals surface area contributed by atoms with Crippen molar-refractivity contribution < 1.29 is 4.79 Å². The van der Waals surface area contributed by atoms with Gasteiger partial charge in [-0.05, 0) is 60.0 Å². The maximum atomic E-state index is 13.2. The maximum Gasteiger partial charge on any atom is 0.261 e. The van der Waals surface area contributed by atoms with Crippen molar-refractivity contribution in [2.24, 2.45) is 0 Å². The van der Waals surface area contributed by atoms with Crippen molar-refractivity contribution in [2.75, 3.05) is 19.8 Å². The van der Waals surface area contributed by atoms with Crippen LogP contribution in [0, 0.1) is 0 Å². The number of nitrogens with zero attached hydrogens (tertiary/aromatic N) is 4. The molecule has 0 fully saturated rings. The second-order valence-corrected chi connectivity index (χ2v) is 7.66. The lowest BCUT2D eigenvalue weighted by atomic mass is 10.0. The van der Waals surface area contributed by atoms with Crippen molar-refractivity contribution in [3.05, 3.63) is 88.6 Å². The van der Waals surface area contributed by atoms with Gasteiger partial charge in [-0.3, -0.25) is 14.2 Å². The summed E-state index contributed by atoms with van der Waals surface area (Å²) in [6.07, 6.45) is 3.21. The zero-order chi connectivity index (χ0) is 22.1. The highest BCUT2D eigenvalue weighted by atomic mass is 16.2. The van der Waals surface area contributed by atoms with Crippen LogP contribution in [0.5, 0.6) is 0 Å². The summed E-state index contributed by atoms with van der Waals surface area (Å²) >= 11 is 0. The topological polar surface area (TPSA) is 94.1 Å². The van der Waals surface area contributed by atoms with Crippen molar-refractivity contribution in [3.63, 3.8) is 0 Å². The molecule has 4 rings (SSSR count). The van der Waals surface area contributed by atoms with Crippen LogP contribution >= 0.6 is 0 Å². The predicted molar refractivity (Wildman–Crippen MR) is 122 cm³/mol. The van der Waals surface area contributed by atoms with Gasteiger partial charge >= 0.3 is 0 Å². The van der Waals surface area contributed by atoms with E-state index in [2.05, 4.69) is 9.97 Å². The monoisotopic (exact) mass is 413 g/mol. The molecular weight excluding hydrogens is 390 g/mol. The van der Waals surface area contributed by atoms with Gasteiger partial charge in [0.05, 0.1) is 23.3 Å². The van der Waals surface area contributed by atoms with Crippen LogP contribution < -0.4 is 11.3 Å². The van der Waals surface area contributed by atoms with E-state index in [1.165, 1.54) is 4.90 Å². The van der Waals surface area contributed by atoms with E-state index in [0.29, 0.717) is 22.3 Å². The molecule has 2 aromatic carbocycles. The molecule has 2 aromatic heterocycles. The standard InChI is InChI=1S/C24H23N5O2/c1-15(16-5-4-6-19(11-16)23(30)28(2)3)29-14-27-21-12-17(7-8-20(21)24(29)31)18-9-10-26-22(25)13-18/h4-15H,1-3H3,(H2,25,26)/t15-/m1/s1. The summed E-state index contributed by atoms with van der Waals surface area (Å²) < 4.78 is 1.59. The SMILES string of the molecule is C[C@H](c1cccc(C(=O)N(C)C)c1)n1cnc2cc(-c3ccnc(N)c3)ccc2c1=O. The molecule has 0 aliphatic carbocycles. The van der Waals surface area contributed by atoms with E-state index in [1.807, 2.05) is 43.3 Å². The third-order valence-corrected chi connectivity index (χ3v) is 5.34. The number of benzene rings is 2. The van der Waals surface area contributed by atoms with E-state index < -0.39 is 0 Å². The summed E-state index contributed by atoms with van der Waals surface area (Å²) in [7, 11) is 3.43. The van der Waals surface area contributed by atoms with Crippen LogP contribution in [-0.4, -0.2) is 39.4 Å². The van der Waals surface area contributed by atoms with E-state index in [4.69, 9.17) is 5.73 Å². The lowest BCUT2D eigenvalue weighted by molar-refractivity contribution is 0.0827. The number of hydrogen-bond acceptors (Lipinski definition) is 5. The minimum atomic E-state index is -0.279. The molecule has 156 valence electrons. The van der Waals surface area contributed by atoms with Crippen LogP contribution in [0.3, 0.4) is 0 Å². The lowest BCUT2D eigenvalue weighted by Gasteiger charge is -2.17. The van der Waals surface area contributed by atoms with Gasteiger partial charge in [0, 0.05) is 25.9 Å². The Morgan fingerprint density at radius 2 is 1.81 bits per heavy atom. The van der Waals surface area contributed by atoms with Crippen LogP contribution in [0.15, 0.2) is 71.9 Å². The van der Waals surface area contributed by atoms with Crippen LogP contribution in [0.25, 0.3) is 22.0 Å². The van der Waals surface area contributed by atoms with E-state index >= 15 is 0 Å². The first kappa shape index (κ1) is 20.3. The summed E-state index contributed by atoms with van der Waals surface area (Å²) in [5.74, 6) is 0.354. The molecule has 2 heterocycles. The second-order valence-electron chi connectivity index (χ2n) is 7.66. The third kappa shape index (κ3) is 3.90. The van der Waals surface area contributed by atoms with Crippen molar-refractivity contribution in [1.29, 1.82) is 0 Å². The first-order valence-electron chi connectivity index (χ1n) is 9.89. The van der Waals surface area contributed by atoms with Crippen molar-refractivity contribution in [2.45, 2.75) is 13.0 Å².